The van der Waals surface area contributed by atoms with Crippen LogP contribution in [0.25, 0.3) is 0 Å². The molecule has 1 atom stereocenters. The van der Waals surface area contributed by atoms with Crippen molar-refractivity contribution in [2.45, 2.75) is 22.6 Å². The van der Waals surface area contributed by atoms with E-state index in [1.54, 1.807) is 0 Å². The third-order valence-corrected chi connectivity index (χ3v) is 7.15. The van der Waals surface area contributed by atoms with Gasteiger partial charge < -0.3 is 10.1 Å². The monoisotopic (exact) mass is 412 g/mol. The third-order valence-electron chi connectivity index (χ3n) is 4.16. The van der Waals surface area contributed by atoms with E-state index in [0.717, 1.165) is 25.6 Å². The van der Waals surface area contributed by atoms with E-state index in [2.05, 4.69) is 5.32 Å². The van der Waals surface area contributed by atoms with Crippen molar-refractivity contribution in [3.63, 3.8) is 0 Å². The van der Waals surface area contributed by atoms with Gasteiger partial charge in [-0.2, -0.15) is 4.31 Å². The molecule has 1 aliphatic heterocycles. The predicted molar refractivity (Wildman–Crippen MR) is 98.8 cm³/mol. The van der Waals surface area contributed by atoms with Gasteiger partial charge in [0.25, 0.3) is 0 Å². The lowest BCUT2D eigenvalue weighted by molar-refractivity contribution is 0.262. The van der Waals surface area contributed by atoms with E-state index in [-0.39, 0.29) is 33.9 Å². The Labute approximate surface area is 156 Å². The topological polar surface area (TPSA) is 92.8 Å². The molecule has 1 N–H and O–H groups in total. The van der Waals surface area contributed by atoms with Gasteiger partial charge in [0.15, 0.2) is 9.84 Å². The van der Waals surface area contributed by atoms with Crippen molar-refractivity contribution < 1.29 is 21.6 Å². The average Bonchev–Trinajstić information content (AvgIpc) is 2.54. The zero-order chi connectivity index (χ0) is 18.0. The van der Waals surface area contributed by atoms with E-state index in [1.807, 2.05) is 7.05 Å². The van der Waals surface area contributed by atoms with Crippen LogP contribution in [0.2, 0.25) is 0 Å². The summed E-state index contributed by atoms with van der Waals surface area (Å²) in [7, 11) is -4.12. The van der Waals surface area contributed by atoms with Crippen LogP contribution in [0.3, 0.4) is 0 Å². The standard InChI is InChI=1S/C15H24N2O5S2.ClH/c1-16-10-12-5-4-8-17(11-12)24(20,21)15-9-13(23(3,18)19)6-7-14(15)22-2;/h6-7,9,12,16H,4-5,8,10-11H2,1-3H3;1H. The molecule has 0 bridgehead atoms. The molecule has 10 heteroatoms. The number of sulfonamides is 1. The minimum Gasteiger partial charge on any atom is -0.495 e. The predicted octanol–water partition coefficient (Wildman–Crippen LogP) is 1.14. The third kappa shape index (κ3) is 5.07. The van der Waals surface area contributed by atoms with Crippen LogP contribution in [0.15, 0.2) is 28.0 Å². The highest BCUT2D eigenvalue weighted by molar-refractivity contribution is 7.91. The molecule has 1 heterocycles. The molecule has 0 amide bonds. The Bertz CT molecular complexity index is 794. The zero-order valence-electron chi connectivity index (χ0n) is 14.6. The fraction of sp³-hybridized carbons (Fsp3) is 0.600. The zero-order valence-corrected chi connectivity index (χ0v) is 17.0. The highest BCUT2D eigenvalue weighted by atomic mass is 35.5. The lowest BCUT2D eigenvalue weighted by Gasteiger charge is -2.32. The van der Waals surface area contributed by atoms with Crippen LogP contribution >= 0.6 is 12.4 Å². The SMILES string of the molecule is CNCC1CCCN(S(=O)(=O)c2cc(S(C)(=O)=O)ccc2OC)C1.Cl. The van der Waals surface area contributed by atoms with Gasteiger partial charge in [0.1, 0.15) is 10.6 Å². The van der Waals surface area contributed by atoms with Gasteiger partial charge in [0.05, 0.1) is 12.0 Å². The number of rotatable bonds is 6. The van der Waals surface area contributed by atoms with Gasteiger partial charge in [0, 0.05) is 19.3 Å². The molecule has 1 saturated heterocycles. The van der Waals surface area contributed by atoms with E-state index in [0.29, 0.717) is 13.1 Å². The average molecular weight is 413 g/mol. The Kier molecular flexibility index (Phi) is 7.70. The second kappa shape index (κ2) is 8.68. The van der Waals surface area contributed by atoms with Gasteiger partial charge in [-0.05, 0) is 50.6 Å². The number of piperidine rings is 1. The maximum Gasteiger partial charge on any atom is 0.246 e. The number of benzene rings is 1. The number of hydrogen-bond donors (Lipinski definition) is 1. The molecule has 1 fully saturated rings. The van der Waals surface area contributed by atoms with E-state index in [1.165, 1.54) is 29.6 Å². The van der Waals surface area contributed by atoms with Crippen LogP contribution in [-0.2, 0) is 19.9 Å². The fourth-order valence-electron chi connectivity index (χ4n) is 2.93. The molecule has 1 aromatic carbocycles. The van der Waals surface area contributed by atoms with Crippen molar-refractivity contribution in [3.8, 4) is 5.75 Å². The minimum atomic E-state index is -3.82. The normalized spacial score (nSPS) is 19.2. The van der Waals surface area contributed by atoms with Crippen molar-refractivity contribution in [1.82, 2.24) is 9.62 Å². The van der Waals surface area contributed by atoms with Gasteiger partial charge in [0.2, 0.25) is 10.0 Å². The second-order valence-electron chi connectivity index (χ2n) is 6.01. The smallest absolute Gasteiger partial charge is 0.246 e. The number of nitrogens with zero attached hydrogens (tertiary/aromatic N) is 1. The molecule has 0 spiro atoms. The molecule has 1 aliphatic rings. The van der Waals surface area contributed by atoms with Crippen LogP contribution < -0.4 is 10.1 Å². The largest absolute Gasteiger partial charge is 0.495 e. The highest BCUT2D eigenvalue weighted by Crippen LogP contribution is 2.31. The Morgan fingerprint density at radius 2 is 1.96 bits per heavy atom. The lowest BCUT2D eigenvalue weighted by Crippen LogP contribution is -2.42. The molecular weight excluding hydrogens is 388 g/mol. The number of methoxy groups -OCH3 is 1. The first-order valence-electron chi connectivity index (χ1n) is 7.73. The molecule has 0 saturated carbocycles. The molecule has 0 aliphatic carbocycles. The van der Waals surface area contributed by atoms with E-state index >= 15 is 0 Å². The highest BCUT2D eigenvalue weighted by Gasteiger charge is 2.32. The maximum absolute atomic E-state index is 13.0. The summed E-state index contributed by atoms with van der Waals surface area (Å²) >= 11 is 0. The van der Waals surface area contributed by atoms with Gasteiger partial charge in [-0.15, -0.1) is 12.4 Å². The van der Waals surface area contributed by atoms with Gasteiger partial charge >= 0.3 is 0 Å². The minimum absolute atomic E-state index is 0. The fourth-order valence-corrected chi connectivity index (χ4v) is 5.39. The van der Waals surface area contributed by atoms with Crippen LogP contribution in [0, 0.1) is 5.92 Å². The summed E-state index contributed by atoms with van der Waals surface area (Å²) in [5.74, 6) is 0.390. The first-order chi connectivity index (χ1) is 11.2. The van der Waals surface area contributed by atoms with Crippen molar-refractivity contribution in [2.24, 2.45) is 5.92 Å². The molecule has 1 aromatic rings. The van der Waals surface area contributed by atoms with Crippen LogP contribution in [0.4, 0.5) is 0 Å². The van der Waals surface area contributed by atoms with Crippen LogP contribution in [0.5, 0.6) is 5.75 Å². The first-order valence-corrected chi connectivity index (χ1v) is 11.1. The van der Waals surface area contributed by atoms with Crippen molar-refractivity contribution in [2.75, 3.05) is 40.0 Å². The summed E-state index contributed by atoms with van der Waals surface area (Å²) < 4.78 is 56.2. The Morgan fingerprint density at radius 1 is 1.28 bits per heavy atom. The number of halogens is 1. The van der Waals surface area contributed by atoms with Crippen LogP contribution in [0.1, 0.15) is 12.8 Å². The maximum atomic E-state index is 13.0. The summed E-state index contributed by atoms with van der Waals surface area (Å²) in [5, 5.41) is 3.08. The molecule has 144 valence electrons. The van der Waals surface area contributed by atoms with Crippen molar-refractivity contribution in [3.05, 3.63) is 18.2 Å². The number of ether oxygens (including phenoxy) is 1. The van der Waals surface area contributed by atoms with E-state index in [9.17, 15) is 16.8 Å². The summed E-state index contributed by atoms with van der Waals surface area (Å²) in [5.41, 5.74) is 0. The van der Waals surface area contributed by atoms with Gasteiger partial charge in [-0.25, -0.2) is 16.8 Å². The molecule has 25 heavy (non-hydrogen) atoms. The van der Waals surface area contributed by atoms with E-state index in [4.69, 9.17) is 4.74 Å². The summed E-state index contributed by atoms with van der Waals surface area (Å²) in [6.07, 6.45) is 2.79. The number of sulfone groups is 1. The lowest BCUT2D eigenvalue weighted by atomic mass is 10.00. The molecule has 0 radical (unpaired) electrons. The van der Waals surface area contributed by atoms with Gasteiger partial charge in [-0.3, -0.25) is 0 Å². The Balaban J connectivity index is 0.00000312. The summed E-state index contributed by atoms with van der Waals surface area (Å²) in [6, 6.07) is 3.93. The quantitative estimate of drug-likeness (QED) is 0.753. The summed E-state index contributed by atoms with van der Waals surface area (Å²) in [4.78, 5) is -0.135. The molecule has 7 nitrogen and oxygen atoms in total. The van der Waals surface area contributed by atoms with Crippen molar-refractivity contribution >= 4 is 32.3 Å². The summed E-state index contributed by atoms with van der Waals surface area (Å²) in [6.45, 7) is 1.58. The Hall–Kier alpha value is -0.870. The molecule has 1 unspecified atom stereocenters. The first kappa shape index (κ1) is 22.2. The molecule has 2 rings (SSSR count). The van der Waals surface area contributed by atoms with E-state index < -0.39 is 19.9 Å². The molecular formula is C15H25ClN2O5S2. The number of hydrogen-bond acceptors (Lipinski definition) is 6. The Morgan fingerprint density at radius 3 is 2.52 bits per heavy atom. The van der Waals surface area contributed by atoms with Crippen molar-refractivity contribution in [1.29, 1.82) is 0 Å². The second-order valence-corrected chi connectivity index (χ2v) is 9.94. The molecule has 0 aromatic heterocycles. The number of nitrogens with one attached hydrogen (secondary N) is 1. The van der Waals surface area contributed by atoms with Crippen LogP contribution in [-0.4, -0.2) is 61.2 Å². The van der Waals surface area contributed by atoms with Gasteiger partial charge in [-0.1, -0.05) is 0 Å².